The van der Waals surface area contributed by atoms with Crippen LogP contribution in [-0.2, 0) is 17.6 Å². The Morgan fingerprint density at radius 1 is 1.38 bits per heavy atom. The highest BCUT2D eigenvalue weighted by molar-refractivity contribution is 5.67. The highest BCUT2D eigenvalue weighted by atomic mass is 16.4. The average Bonchev–Trinajstić information content (AvgIpc) is 2.68. The minimum Gasteiger partial charge on any atom is -0.481 e. The van der Waals surface area contributed by atoms with E-state index in [1.807, 2.05) is 20.8 Å². The molecule has 1 aromatic rings. The van der Waals surface area contributed by atoms with Gasteiger partial charge >= 0.3 is 5.97 Å². The fourth-order valence-electron chi connectivity index (χ4n) is 1.69. The summed E-state index contributed by atoms with van der Waals surface area (Å²) in [5, 5.41) is 13.2. The molecule has 0 aromatic carbocycles. The zero-order valence-electron chi connectivity index (χ0n) is 10.1. The molecule has 0 amide bonds. The van der Waals surface area contributed by atoms with E-state index in [0.29, 0.717) is 0 Å². The van der Waals surface area contributed by atoms with E-state index in [9.17, 15) is 4.79 Å². The Bertz CT molecular complexity index is 360. The Labute approximate surface area is 95.5 Å². The molecule has 90 valence electrons. The average molecular weight is 225 g/mol. The first kappa shape index (κ1) is 12.7. The number of aliphatic carboxylic acids is 1. The zero-order chi connectivity index (χ0) is 12.1. The van der Waals surface area contributed by atoms with Crippen LogP contribution >= 0.6 is 0 Å². The molecule has 0 saturated heterocycles. The molecule has 1 aromatic heterocycles. The lowest BCUT2D eigenvalue weighted by Gasteiger charge is -2.14. The molecule has 5 nitrogen and oxygen atoms in total. The Morgan fingerprint density at radius 3 is 2.50 bits per heavy atom. The number of carboxylic acid groups (broad SMARTS) is 1. The van der Waals surface area contributed by atoms with E-state index in [1.165, 1.54) is 0 Å². The van der Waals surface area contributed by atoms with Crippen molar-refractivity contribution in [2.24, 2.45) is 0 Å². The van der Waals surface area contributed by atoms with E-state index in [4.69, 9.17) is 5.11 Å². The smallest absolute Gasteiger partial charge is 0.305 e. The number of hydrogen-bond acceptors (Lipinski definition) is 3. The van der Waals surface area contributed by atoms with Crippen molar-refractivity contribution in [3.8, 4) is 0 Å². The van der Waals surface area contributed by atoms with Gasteiger partial charge in [-0.2, -0.15) is 5.10 Å². The highest BCUT2D eigenvalue weighted by Gasteiger charge is 2.18. The Kier molecular flexibility index (Phi) is 4.46. The van der Waals surface area contributed by atoms with Gasteiger partial charge in [0, 0.05) is 12.8 Å². The molecule has 16 heavy (non-hydrogen) atoms. The summed E-state index contributed by atoms with van der Waals surface area (Å²) in [6, 6.07) is -0.0831. The molecule has 0 radical (unpaired) electrons. The van der Waals surface area contributed by atoms with Crippen molar-refractivity contribution < 1.29 is 9.90 Å². The number of rotatable bonds is 6. The van der Waals surface area contributed by atoms with Gasteiger partial charge in [-0.1, -0.05) is 20.8 Å². The van der Waals surface area contributed by atoms with Gasteiger partial charge in [0.05, 0.1) is 12.5 Å². The SMILES string of the molecule is CCc1nc(CC)n(C(CC)CC(=O)O)n1. The molecule has 1 unspecified atom stereocenters. The summed E-state index contributed by atoms with van der Waals surface area (Å²) in [6.45, 7) is 5.98. The summed E-state index contributed by atoms with van der Waals surface area (Å²) >= 11 is 0. The third-order valence-electron chi connectivity index (χ3n) is 2.61. The van der Waals surface area contributed by atoms with Gasteiger partial charge in [-0.25, -0.2) is 9.67 Å². The summed E-state index contributed by atoms with van der Waals surface area (Å²) in [5.41, 5.74) is 0. The molecule has 0 bridgehead atoms. The van der Waals surface area contributed by atoms with E-state index >= 15 is 0 Å². The van der Waals surface area contributed by atoms with Gasteiger partial charge < -0.3 is 5.11 Å². The van der Waals surface area contributed by atoms with Gasteiger partial charge in [0.15, 0.2) is 5.82 Å². The second kappa shape index (κ2) is 5.63. The topological polar surface area (TPSA) is 68.0 Å². The van der Waals surface area contributed by atoms with Crippen LogP contribution in [0.2, 0.25) is 0 Å². The maximum Gasteiger partial charge on any atom is 0.305 e. The van der Waals surface area contributed by atoms with Gasteiger partial charge in [-0.15, -0.1) is 0 Å². The van der Waals surface area contributed by atoms with Gasteiger partial charge in [-0.3, -0.25) is 4.79 Å². The Morgan fingerprint density at radius 2 is 2.06 bits per heavy atom. The summed E-state index contributed by atoms with van der Waals surface area (Å²) in [4.78, 5) is 15.1. The van der Waals surface area contributed by atoms with Gasteiger partial charge in [0.1, 0.15) is 5.82 Å². The number of aromatic nitrogens is 3. The maximum atomic E-state index is 10.8. The van der Waals surface area contributed by atoms with E-state index < -0.39 is 5.97 Å². The molecule has 0 aliphatic heterocycles. The molecule has 1 rings (SSSR count). The number of carboxylic acids is 1. The quantitative estimate of drug-likeness (QED) is 0.802. The minimum absolute atomic E-state index is 0.0831. The Balaban J connectivity index is 2.97. The van der Waals surface area contributed by atoms with Crippen molar-refractivity contribution in [1.82, 2.24) is 14.8 Å². The van der Waals surface area contributed by atoms with Gasteiger partial charge in [0.2, 0.25) is 0 Å². The van der Waals surface area contributed by atoms with Crippen molar-refractivity contribution >= 4 is 5.97 Å². The fraction of sp³-hybridized carbons (Fsp3) is 0.727. The lowest BCUT2D eigenvalue weighted by Crippen LogP contribution is -2.16. The predicted molar refractivity (Wildman–Crippen MR) is 60.4 cm³/mol. The summed E-state index contributed by atoms with van der Waals surface area (Å²) in [6.07, 6.45) is 2.43. The van der Waals surface area contributed by atoms with Crippen LogP contribution in [0.25, 0.3) is 0 Å². The number of aryl methyl sites for hydroxylation is 2. The number of nitrogens with zero attached hydrogens (tertiary/aromatic N) is 3. The van der Waals surface area contributed by atoms with Crippen LogP contribution < -0.4 is 0 Å². The summed E-state index contributed by atoms with van der Waals surface area (Å²) < 4.78 is 1.78. The molecular weight excluding hydrogens is 206 g/mol. The molecule has 5 heteroatoms. The minimum atomic E-state index is -0.789. The third-order valence-corrected chi connectivity index (χ3v) is 2.61. The van der Waals surface area contributed by atoms with Crippen molar-refractivity contribution in [2.75, 3.05) is 0 Å². The zero-order valence-corrected chi connectivity index (χ0v) is 10.1. The van der Waals surface area contributed by atoms with Crippen molar-refractivity contribution in [1.29, 1.82) is 0 Å². The van der Waals surface area contributed by atoms with Crippen LogP contribution in [0.5, 0.6) is 0 Å². The predicted octanol–water partition coefficient (Wildman–Crippen LogP) is 1.83. The molecule has 0 aliphatic carbocycles. The van der Waals surface area contributed by atoms with E-state index in [-0.39, 0.29) is 12.5 Å². The van der Waals surface area contributed by atoms with Crippen LogP contribution in [0.3, 0.4) is 0 Å². The van der Waals surface area contributed by atoms with Crippen molar-refractivity contribution in [2.45, 2.75) is 52.5 Å². The fourth-order valence-corrected chi connectivity index (χ4v) is 1.69. The summed E-state index contributed by atoms with van der Waals surface area (Å²) in [5.74, 6) is 0.882. The first-order valence-electron chi connectivity index (χ1n) is 5.78. The van der Waals surface area contributed by atoms with Crippen LogP contribution in [0, 0.1) is 0 Å². The van der Waals surface area contributed by atoms with Crippen molar-refractivity contribution in [3.63, 3.8) is 0 Å². The molecule has 0 saturated carbocycles. The highest BCUT2D eigenvalue weighted by Crippen LogP contribution is 2.17. The molecule has 1 heterocycles. The maximum absolute atomic E-state index is 10.8. The summed E-state index contributed by atoms with van der Waals surface area (Å²) in [7, 11) is 0. The van der Waals surface area contributed by atoms with Gasteiger partial charge in [-0.05, 0) is 6.42 Å². The molecule has 1 N–H and O–H groups in total. The second-order valence-electron chi connectivity index (χ2n) is 3.76. The first-order valence-corrected chi connectivity index (χ1v) is 5.78. The number of hydrogen-bond donors (Lipinski definition) is 1. The molecule has 0 aliphatic rings. The van der Waals surface area contributed by atoms with Crippen LogP contribution in [0.1, 0.15) is 51.3 Å². The van der Waals surface area contributed by atoms with E-state index in [2.05, 4.69) is 10.1 Å². The second-order valence-corrected chi connectivity index (χ2v) is 3.76. The molecule has 0 fully saturated rings. The first-order chi connectivity index (χ1) is 7.62. The standard InChI is InChI=1S/C11H19N3O2/c1-4-8(7-11(15)16)14-10(6-3)12-9(5-2)13-14/h8H,4-7H2,1-3H3,(H,15,16). The lowest BCUT2D eigenvalue weighted by molar-refractivity contribution is -0.138. The Hall–Kier alpha value is -1.39. The largest absolute Gasteiger partial charge is 0.481 e. The van der Waals surface area contributed by atoms with E-state index in [0.717, 1.165) is 30.9 Å². The molecular formula is C11H19N3O2. The van der Waals surface area contributed by atoms with Crippen LogP contribution in [-0.4, -0.2) is 25.8 Å². The number of carbonyl (C=O) groups is 1. The van der Waals surface area contributed by atoms with E-state index in [1.54, 1.807) is 4.68 Å². The van der Waals surface area contributed by atoms with Crippen LogP contribution in [0.15, 0.2) is 0 Å². The molecule has 0 spiro atoms. The lowest BCUT2D eigenvalue weighted by atomic mass is 10.1. The normalized spacial score (nSPS) is 12.7. The van der Waals surface area contributed by atoms with Crippen LogP contribution in [0.4, 0.5) is 0 Å². The van der Waals surface area contributed by atoms with Crippen molar-refractivity contribution in [3.05, 3.63) is 11.6 Å². The monoisotopic (exact) mass is 225 g/mol. The third kappa shape index (κ3) is 2.81. The molecule has 1 atom stereocenters. The van der Waals surface area contributed by atoms with Gasteiger partial charge in [0.25, 0.3) is 0 Å².